The number of ether oxygens (including phenoxy) is 1. The smallest absolute Gasteiger partial charge is 0.223 e. The van der Waals surface area contributed by atoms with E-state index in [-0.39, 0.29) is 18.3 Å². The van der Waals surface area contributed by atoms with Crippen molar-refractivity contribution >= 4 is 18.3 Å². The first-order chi connectivity index (χ1) is 9.30. The van der Waals surface area contributed by atoms with Crippen LogP contribution >= 0.6 is 12.4 Å². The highest BCUT2D eigenvalue weighted by Crippen LogP contribution is 2.58. The average Bonchev–Trinajstić information content (AvgIpc) is 3.14. The van der Waals surface area contributed by atoms with Gasteiger partial charge < -0.3 is 15.4 Å². The summed E-state index contributed by atoms with van der Waals surface area (Å²) in [5.74, 6) is 0.583. The molecule has 1 spiro atoms. The first-order valence-corrected chi connectivity index (χ1v) is 7.90. The summed E-state index contributed by atoms with van der Waals surface area (Å²) in [5, 5.41) is 6.50. The molecule has 0 aromatic carbocycles. The van der Waals surface area contributed by atoms with Crippen molar-refractivity contribution in [1.82, 2.24) is 10.6 Å². The van der Waals surface area contributed by atoms with Gasteiger partial charge in [-0.25, -0.2) is 0 Å². The summed E-state index contributed by atoms with van der Waals surface area (Å²) in [7, 11) is 0. The van der Waals surface area contributed by atoms with Gasteiger partial charge in [-0.05, 0) is 63.5 Å². The second kappa shape index (κ2) is 7.10. The Balaban J connectivity index is 0.00000147. The molecule has 0 aromatic rings. The van der Waals surface area contributed by atoms with Gasteiger partial charge >= 0.3 is 0 Å². The van der Waals surface area contributed by atoms with Crippen LogP contribution in [0.25, 0.3) is 0 Å². The maximum Gasteiger partial charge on any atom is 0.223 e. The first kappa shape index (κ1) is 16.1. The molecule has 116 valence electrons. The fourth-order valence-corrected chi connectivity index (χ4v) is 3.71. The molecule has 0 bridgehead atoms. The standard InChI is InChI=1S/C15H26N2O2.ClH/c18-14(13-11-15(13)5-8-16-9-6-15)17-7-4-12-3-1-2-10-19-12;/h12-13,16H,1-11H2,(H,17,18);1H. The zero-order chi connectivity index (χ0) is 13.1. The van der Waals surface area contributed by atoms with E-state index in [1.807, 2.05) is 0 Å². The van der Waals surface area contributed by atoms with E-state index in [0.29, 0.717) is 17.4 Å². The number of carbonyl (C=O) groups excluding carboxylic acids is 1. The predicted molar refractivity (Wildman–Crippen MR) is 81.1 cm³/mol. The second-order valence-corrected chi connectivity index (χ2v) is 6.44. The van der Waals surface area contributed by atoms with Crippen molar-refractivity contribution in [1.29, 1.82) is 0 Å². The van der Waals surface area contributed by atoms with Gasteiger partial charge in [-0.2, -0.15) is 0 Å². The summed E-state index contributed by atoms with van der Waals surface area (Å²) >= 11 is 0. The lowest BCUT2D eigenvalue weighted by atomic mass is 9.92. The van der Waals surface area contributed by atoms with Crippen molar-refractivity contribution < 1.29 is 9.53 Å². The van der Waals surface area contributed by atoms with Crippen molar-refractivity contribution in [3.05, 3.63) is 0 Å². The molecule has 20 heavy (non-hydrogen) atoms. The molecule has 1 amide bonds. The van der Waals surface area contributed by atoms with E-state index in [9.17, 15) is 4.79 Å². The molecule has 0 radical (unpaired) electrons. The summed E-state index contributed by atoms with van der Waals surface area (Å²) in [5.41, 5.74) is 0.358. The lowest BCUT2D eigenvalue weighted by Gasteiger charge is -2.24. The molecule has 2 saturated heterocycles. The first-order valence-electron chi connectivity index (χ1n) is 7.90. The van der Waals surface area contributed by atoms with Crippen LogP contribution in [0.1, 0.15) is 44.9 Å². The van der Waals surface area contributed by atoms with Gasteiger partial charge in [0.25, 0.3) is 0 Å². The van der Waals surface area contributed by atoms with E-state index in [1.165, 1.54) is 25.7 Å². The van der Waals surface area contributed by atoms with Crippen LogP contribution in [-0.4, -0.2) is 38.3 Å². The highest BCUT2D eigenvalue weighted by atomic mass is 35.5. The Labute approximate surface area is 127 Å². The summed E-state index contributed by atoms with van der Waals surface area (Å²) in [4.78, 5) is 12.1. The van der Waals surface area contributed by atoms with Crippen LogP contribution in [-0.2, 0) is 9.53 Å². The molecule has 2 unspecified atom stereocenters. The van der Waals surface area contributed by atoms with Gasteiger partial charge in [0, 0.05) is 19.1 Å². The van der Waals surface area contributed by atoms with Crippen LogP contribution in [0.4, 0.5) is 0 Å². The van der Waals surface area contributed by atoms with E-state index >= 15 is 0 Å². The Hall–Kier alpha value is -0.320. The molecular formula is C15H27ClN2O2. The minimum absolute atomic E-state index is 0. The number of nitrogens with one attached hydrogen (secondary N) is 2. The third-order valence-electron chi connectivity index (χ3n) is 5.15. The highest BCUT2D eigenvalue weighted by Gasteiger charge is 2.57. The molecule has 1 aliphatic carbocycles. The maximum absolute atomic E-state index is 12.1. The van der Waals surface area contributed by atoms with Crippen LogP contribution in [0.5, 0.6) is 0 Å². The molecule has 0 aromatic heterocycles. The molecule has 2 atom stereocenters. The Morgan fingerprint density at radius 3 is 2.80 bits per heavy atom. The van der Waals surface area contributed by atoms with Crippen LogP contribution in [0.15, 0.2) is 0 Å². The Morgan fingerprint density at radius 1 is 1.30 bits per heavy atom. The second-order valence-electron chi connectivity index (χ2n) is 6.44. The summed E-state index contributed by atoms with van der Waals surface area (Å²) in [6.45, 7) is 3.85. The minimum Gasteiger partial charge on any atom is -0.378 e. The number of halogens is 1. The van der Waals surface area contributed by atoms with Crippen molar-refractivity contribution in [2.45, 2.75) is 51.0 Å². The third-order valence-corrected chi connectivity index (χ3v) is 5.15. The van der Waals surface area contributed by atoms with Gasteiger partial charge in [0.1, 0.15) is 0 Å². The van der Waals surface area contributed by atoms with E-state index in [2.05, 4.69) is 10.6 Å². The largest absolute Gasteiger partial charge is 0.378 e. The topological polar surface area (TPSA) is 50.4 Å². The number of rotatable bonds is 4. The quantitative estimate of drug-likeness (QED) is 0.833. The SMILES string of the molecule is Cl.O=C(NCCC1CCCCO1)C1CC12CCNCC2. The van der Waals surface area contributed by atoms with Gasteiger partial charge in [0.15, 0.2) is 0 Å². The number of hydrogen-bond acceptors (Lipinski definition) is 3. The third kappa shape index (κ3) is 3.66. The Morgan fingerprint density at radius 2 is 2.10 bits per heavy atom. The monoisotopic (exact) mass is 302 g/mol. The Kier molecular flexibility index (Phi) is 5.70. The highest BCUT2D eigenvalue weighted by molar-refractivity contribution is 5.85. The van der Waals surface area contributed by atoms with Crippen LogP contribution in [0, 0.1) is 11.3 Å². The van der Waals surface area contributed by atoms with Gasteiger partial charge in [-0.3, -0.25) is 4.79 Å². The summed E-state index contributed by atoms with van der Waals surface area (Å²) < 4.78 is 5.69. The molecule has 2 N–H and O–H groups in total. The fraction of sp³-hybridized carbons (Fsp3) is 0.933. The molecule has 5 heteroatoms. The van der Waals surface area contributed by atoms with Crippen LogP contribution in [0.2, 0.25) is 0 Å². The fourth-order valence-electron chi connectivity index (χ4n) is 3.71. The molecule has 1 saturated carbocycles. The minimum atomic E-state index is 0. The van der Waals surface area contributed by atoms with Crippen LogP contribution < -0.4 is 10.6 Å². The van der Waals surface area contributed by atoms with Gasteiger partial charge in [-0.15, -0.1) is 12.4 Å². The molecule has 2 heterocycles. The summed E-state index contributed by atoms with van der Waals surface area (Å²) in [6, 6.07) is 0. The molecule has 4 nitrogen and oxygen atoms in total. The van der Waals surface area contributed by atoms with E-state index in [0.717, 1.165) is 45.5 Å². The van der Waals surface area contributed by atoms with E-state index in [1.54, 1.807) is 0 Å². The average molecular weight is 303 g/mol. The van der Waals surface area contributed by atoms with Crippen molar-refractivity contribution in [3.63, 3.8) is 0 Å². The zero-order valence-corrected chi connectivity index (χ0v) is 13.0. The molecule has 2 aliphatic heterocycles. The van der Waals surface area contributed by atoms with Crippen molar-refractivity contribution in [2.24, 2.45) is 11.3 Å². The van der Waals surface area contributed by atoms with Crippen LogP contribution in [0.3, 0.4) is 0 Å². The predicted octanol–water partition coefficient (Wildman–Crippen LogP) is 1.87. The maximum atomic E-state index is 12.1. The van der Waals surface area contributed by atoms with E-state index < -0.39 is 0 Å². The lowest BCUT2D eigenvalue weighted by Crippen LogP contribution is -2.35. The van der Waals surface area contributed by atoms with Crippen molar-refractivity contribution in [3.8, 4) is 0 Å². The Bertz CT molecular complexity index is 326. The number of carbonyl (C=O) groups is 1. The van der Waals surface area contributed by atoms with Gasteiger partial charge in [-0.1, -0.05) is 0 Å². The van der Waals surface area contributed by atoms with Gasteiger partial charge in [0.2, 0.25) is 5.91 Å². The lowest BCUT2D eigenvalue weighted by molar-refractivity contribution is -0.123. The molecule has 3 fully saturated rings. The molecular weight excluding hydrogens is 276 g/mol. The van der Waals surface area contributed by atoms with Gasteiger partial charge in [0.05, 0.1) is 6.10 Å². The zero-order valence-electron chi connectivity index (χ0n) is 12.2. The van der Waals surface area contributed by atoms with Crippen molar-refractivity contribution in [2.75, 3.05) is 26.2 Å². The normalized spacial score (nSPS) is 31.4. The molecule has 3 rings (SSSR count). The molecule has 3 aliphatic rings. The van der Waals surface area contributed by atoms with E-state index in [4.69, 9.17) is 4.74 Å². The number of piperidine rings is 1. The summed E-state index contributed by atoms with van der Waals surface area (Å²) in [6.07, 6.45) is 8.45. The number of amides is 1. The number of hydrogen-bond donors (Lipinski definition) is 2.